The van der Waals surface area contributed by atoms with Gasteiger partial charge in [-0.3, -0.25) is 4.40 Å². The highest BCUT2D eigenvalue weighted by Gasteiger charge is 2.19. The Kier molecular flexibility index (Phi) is 3.68. The fourth-order valence-corrected chi connectivity index (χ4v) is 2.66. The lowest BCUT2D eigenvalue weighted by molar-refractivity contribution is 0.596. The van der Waals surface area contributed by atoms with Crippen LogP contribution in [0.3, 0.4) is 0 Å². The Morgan fingerprint density at radius 2 is 1.92 bits per heavy atom. The van der Waals surface area contributed by atoms with Gasteiger partial charge >= 0.3 is 5.84 Å². The van der Waals surface area contributed by atoms with Gasteiger partial charge in [-0.1, -0.05) is 0 Å². The van der Waals surface area contributed by atoms with Crippen molar-refractivity contribution in [1.82, 2.24) is 19.4 Å². The van der Waals surface area contributed by atoms with Gasteiger partial charge < -0.3 is 9.73 Å². The van der Waals surface area contributed by atoms with Gasteiger partial charge in [0.25, 0.3) is 0 Å². The highest BCUT2D eigenvalue weighted by molar-refractivity contribution is 5.79. The number of anilines is 1. The number of aromatic nitrogens is 4. The van der Waals surface area contributed by atoms with Gasteiger partial charge in [-0.15, -0.1) is 0 Å². The predicted octanol–water partition coefficient (Wildman–Crippen LogP) is 4.01. The zero-order chi connectivity index (χ0) is 17.4. The lowest BCUT2D eigenvalue weighted by Gasteiger charge is -2.09. The molecule has 0 saturated carbocycles. The Balaban J connectivity index is 1.90. The molecule has 0 unspecified atom stereocenters. The molecule has 1 aromatic carbocycles. The number of fused-ring (bicyclic) bond motifs is 1. The molecular weight excluding hydrogens is 321 g/mol. The lowest BCUT2D eigenvalue weighted by atomic mass is 10.1. The first kappa shape index (κ1) is 15.3. The number of hydrogen-bond donors (Lipinski definition) is 1. The molecule has 0 radical (unpaired) electrons. The van der Waals surface area contributed by atoms with E-state index < -0.39 is 0 Å². The standard InChI is InChI=1S/C18H16FN5O/c1-11(2)21-17-20-8-7-14(22-17)16-15(12-3-5-13(19)6-4-12)23-18-24(16)9-10-25-18/h3-11H,1-2H3,(H,20,21,22). The average molecular weight is 337 g/mol. The van der Waals surface area contributed by atoms with E-state index in [-0.39, 0.29) is 11.9 Å². The van der Waals surface area contributed by atoms with Crippen molar-refractivity contribution < 1.29 is 8.81 Å². The number of nitrogens with one attached hydrogen (secondary N) is 1. The van der Waals surface area contributed by atoms with Crippen LogP contribution in [0.4, 0.5) is 10.3 Å². The third-order valence-electron chi connectivity index (χ3n) is 3.70. The molecule has 0 bridgehead atoms. The molecule has 0 spiro atoms. The molecule has 25 heavy (non-hydrogen) atoms. The molecular formula is C18H16FN5O. The van der Waals surface area contributed by atoms with Crippen molar-refractivity contribution in [2.45, 2.75) is 19.9 Å². The quantitative estimate of drug-likeness (QED) is 0.609. The van der Waals surface area contributed by atoms with Crippen LogP contribution in [0.5, 0.6) is 0 Å². The zero-order valence-electron chi connectivity index (χ0n) is 13.8. The van der Waals surface area contributed by atoms with E-state index in [0.29, 0.717) is 23.2 Å². The second-order valence-electron chi connectivity index (χ2n) is 5.94. The van der Waals surface area contributed by atoms with Crippen molar-refractivity contribution >= 4 is 11.8 Å². The van der Waals surface area contributed by atoms with Crippen molar-refractivity contribution in [3.63, 3.8) is 0 Å². The van der Waals surface area contributed by atoms with Gasteiger partial charge in [0, 0.05) is 24.0 Å². The second-order valence-corrected chi connectivity index (χ2v) is 5.94. The zero-order valence-corrected chi connectivity index (χ0v) is 13.8. The van der Waals surface area contributed by atoms with Crippen LogP contribution in [0.25, 0.3) is 28.5 Å². The molecule has 4 rings (SSSR count). The van der Waals surface area contributed by atoms with Gasteiger partial charge in [0.15, 0.2) is 0 Å². The minimum absolute atomic E-state index is 0.214. The number of oxazole rings is 1. The summed E-state index contributed by atoms with van der Waals surface area (Å²) in [4.78, 5) is 13.4. The number of hydrogen-bond acceptors (Lipinski definition) is 5. The number of benzene rings is 1. The van der Waals surface area contributed by atoms with Crippen LogP contribution >= 0.6 is 0 Å². The molecule has 7 heteroatoms. The fourth-order valence-electron chi connectivity index (χ4n) is 2.66. The maximum absolute atomic E-state index is 13.3. The maximum atomic E-state index is 13.3. The Morgan fingerprint density at radius 1 is 1.12 bits per heavy atom. The molecule has 0 saturated heterocycles. The maximum Gasteiger partial charge on any atom is 0.306 e. The Hall–Kier alpha value is -3.22. The van der Waals surface area contributed by atoms with Crippen molar-refractivity contribution in [2.75, 3.05) is 5.32 Å². The van der Waals surface area contributed by atoms with E-state index in [1.54, 1.807) is 30.8 Å². The number of halogens is 1. The van der Waals surface area contributed by atoms with E-state index in [4.69, 9.17) is 4.42 Å². The summed E-state index contributed by atoms with van der Waals surface area (Å²) in [5, 5.41) is 3.19. The van der Waals surface area contributed by atoms with Gasteiger partial charge in [0.2, 0.25) is 5.95 Å². The average Bonchev–Trinajstić information content (AvgIpc) is 3.16. The van der Waals surface area contributed by atoms with Gasteiger partial charge in [-0.05, 0) is 44.2 Å². The molecule has 0 aliphatic carbocycles. The minimum atomic E-state index is -0.293. The summed E-state index contributed by atoms with van der Waals surface area (Å²) >= 11 is 0. The minimum Gasteiger partial charge on any atom is -0.432 e. The molecule has 0 atom stereocenters. The highest BCUT2D eigenvalue weighted by Crippen LogP contribution is 2.32. The normalized spacial score (nSPS) is 11.4. The summed E-state index contributed by atoms with van der Waals surface area (Å²) in [6.07, 6.45) is 5.04. The summed E-state index contributed by atoms with van der Waals surface area (Å²) in [7, 11) is 0. The Bertz CT molecular complexity index is 1020. The summed E-state index contributed by atoms with van der Waals surface area (Å²) < 4.78 is 20.5. The predicted molar refractivity (Wildman–Crippen MR) is 92.6 cm³/mol. The SMILES string of the molecule is CC(C)Nc1nccc(-c2c(-c3ccc(F)cc3)nc3occn23)n1. The first-order chi connectivity index (χ1) is 12.1. The number of nitrogens with zero attached hydrogens (tertiary/aromatic N) is 4. The third kappa shape index (κ3) is 2.84. The van der Waals surface area contributed by atoms with Crippen molar-refractivity contribution in [3.8, 4) is 22.6 Å². The molecule has 0 aliphatic rings. The summed E-state index contributed by atoms with van der Waals surface area (Å²) in [6.45, 7) is 4.04. The van der Waals surface area contributed by atoms with E-state index in [9.17, 15) is 4.39 Å². The van der Waals surface area contributed by atoms with Crippen LogP contribution in [0.2, 0.25) is 0 Å². The van der Waals surface area contributed by atoms with E-state index in [1.807, 2.05) is 24.3 Å². The van der Waals surface area contributed by atoms with E-state index in [0.717, 1.165) is 11.3 Å². The van der Waals surface area contributed by atoms with E-state index in [2.05, 4.69) is 20.3 Å². The summed E-state index contributed by atoms with van der Waals surface area (Å²) in [5.74, 6) is 0.695. The topological polar surface area (TPSA) is 68.2 Å². The van der Waals surface area contributed by atoms with Crippen molar-refractivity contribution in [3.05, 3.63) is 54.8 Å². The van der Waals surface area contributed by atoms with Gasteiger partial charge in [0.05, 0.1) is 5.69 Å². The molecule has 3 aromatic heterocycles. The van der Waals surface area contributed by atoms with Crippen LogP contribution in [-0.2, 0) is 0 Å². The molecule has 3 heterocycles. The molecule has 0 fully saturated rings. The molecule has 6 nitrogen and oxygen atoms in total. The van der Waals surface area contributed by atoms with Gasteiger partial charge in [-0.2, -0.15) is 4.98 Å². The van der Waals surface area contributed by atoms with Crippen LogP contribution in [-0.4, -0.2) is 25.4 Å². The lowest BCUT2D eigenvalue weighted by Crippen LogP contribution is -2.12. The Labute approximate surface area is 143 Å². The van der Waals surface area contributed by atoms with Crippen LogP contribution in [0.15, 0.2) is 53.4 Å². The van der Waals surface area contributed by atoms with Crippen molar-refractivity contribution in [1.29, 1.82) is 0 Å². The molecule has 0 amide bonds. The van der Waals surface area contributed by atoms with Gasteiger partial charge in [0.1, 0.15) is 23.5 Å². The van der Waals surface area contributed by atoms with Gasteiger partial charge in [-0.25, -0.2) is 14.4 Å². The van der Waals surface area contributed by atoms with Crippen molar-refractivity contribution in [2.24, 2.45) is 0 Å². The monoisotopic (exact) mass is 337 g/mol. The van der Waals surface area contributed by atoms with E-state index in [1.165, 1.54) is 12.1 Å². The number of imidazole rings is 1. The third-order valence-corrected chi connectivity index (χ3v) is 3.70. The first-order valence-electron chi connectivity index (χ1n) is 7.93. The summed E-state index contributed by atoms with van der Waals surface area (Å²) in [5.41, 5.74) is 2.93. The molecule has 126 valence electrons. The Morgan fingerprint density at radius 3 is 2.68 bits per heavy atom. The first-order valence-corrected chi connectivity index (χ1v) is 7.93. The van der Waals surface area contributed by atoms with Crippen LogP contribution < -0.4 is 5.32 Å². The van der Waals surface area contributed by atoms with E-state index >= 15 is 0 Å². The van der Waals surface area contributed by atoms with Crippen LogP contribution in [0, 0.1) is 5.82 Å². The highest BCUT2D eigenvalue weighted by atomic mass is 19.1. The molecule has 0 aliphatic heterocycles. The molecule has 1 N–H and O–H groups in total. The fraction of sp³-hybridized carbons (Fsp3) is 0.167. The number of rotatable bonds is 4. The summed E-state index contributed by atoms with van der Waals surface area (Å²) in [6, 6.07) is 8.23. The largest absolute Gasteiger partial charge is 0.432 e. The smallest absolute Gasteiger partial charge is 0.306 e. The van der Waals surface area contributed by atoms with Crippen LogP contribution in [0.1, 0.15) is 13.8 Å². The molecule has 4 aromatic rings. The second kappa shape index (κ2) is 6.01.